The molecule has 0 spiro atoms. The van der Waals surface area contributed by atoms with E-state index in [0.717, 1.165) is 0 Å². The zero-order valence-electron chi connectivity index (χ0n) is 8.53. The second kappa shape index (κ2) is 6.30. The number of rotatable bonds is 6. The second-order valence-electron chi connectivity index (χ2n) is 2.96. The Hall–Kier alpha value is -1.22. The largest absolute Gasteiger partial charge is 0.493 e. The molecular weight excluding hydrogens is 216 g/mol. The average Bonchev–Trinajstić information content (AvgIpc) is 2.24. The molecule has 82 valence electrons. The molecule has 0 aliphatic heterocycles. The molecule has 0 saturated carbocycles. The summed E-state index contributed by atoms with van der Waals surface area (Å²) in [6, 6.07) is 7.38. The highest BCUT2D eigenvalue weighted by Gasteiger charge is 2.02. The van der Waals surface area contributed by atoms with Crippen LogP contribution in [0.15, 0.2) is 24.3 Å². The lowest BCUT2D eigenvalue weighted by Gasteiger charge is -2.09. The van der Waals surface area contributed by atoms with Gasteiger partial charge >= 0.3 is 0 Å². The van der Waals surface area contributed by atoms with Crippen LogP contribution >= 0.6 is 11.6 Å². The van der Waals surface area contributed by atoms with Crippen LogP contribution in [0.2, 0.25) is 0 Å². The van der Waals surface area contributed by atoms with Crippen molar-refractivity contribution < 1.29 is 14.3 Å². The molecule has 3 nitrogen and oxygen atoms in total. The number of para-hydroxylation sites is 2. The Balaban J connectivity index is 2.39. The van der Waals surface area contributed by atoms with Crippen molar-refractivity contribution in [3.8, 4) is 11.5 Å². The summed E-state index contributed by atoms with van der Waals surface area (Å²) in [4.78, 5) is 10.5. The monoisotopic (exact) mass is 228 g/mol. The van der Waals surface area contributed by atoms with Gasteiger partial charge in [0.25, 0.3) is 0 Å². The Morgan fingerprint density at radius 2 is 2.00 bits per heavy atom. The van der Waals surface area contributed by atoms with Crippen molar-refractivity contribution in [3.63, 3.8) is 0 Å². The lowest BCUT2D eigenvalue weighted by Crippen LogP contribution is -2.00. The average molecular weight is 229 g/mol. The Morgan fingerprint density at radius 1 is 1.33 bits per heavy atom. The number of benzene rings is 1. The number of halogens is 1. The van der Waals surface area contributed by atoms with Crippen molar-refractivity contribution in [2.45, 2.75) is 12.8 Å². The zero-order valence-corrected chi connectivity index (χ0v) is 9.29. The molecule has 0 radical (unpaired) electrons. The number of methoxy groups -OCH3 is 1. The van der Waals surface area contributed by atoms with Crippen LogP contribution in [-0.2, 0) is 4.79 Å². The lowest BCUT2D eigenvalue weighted by molar-refractivity contribution is -0.111. The first-order valence-corrected chi connectivity index (χ1v) is 5.06. The molecule has 0 fully saturated rings. The van der Waals surface area contributed by atoms with Crippen molar-refractivity contribution >= 4 is 16.8 Å². The van der Waals surface area contributed by atoms with Gasteiger partial charge < -0.3 is 9.47 Å². The van der Waals surface area contributed by atoms with E-state index in [0.29, 0.717) is 30.9 Å². The number of hydrogen-bond acceptors (Lipinski definition) is 3. The minimum atomic E-state index is -0.335. The lowest BCUT2D eigenvalue weighted by atomic mass is 10.3. The maximum absolute atomic E-state index is 10.5. The summed E-state index contributed by atoms with van der Waals surface area (Å²) in [5, 5.41) is -0.335. The minimum absolute atomic E-state index is 0.330. The van der Waals surface area contributed by atoms with E-state index in [2.05, 4.69) is 0 Å². The smallest absolute Gasteiger partial charge is 0.221 e. The van der Waals surface area contributed by atoms with E-state index in [9.17, 15) is 4.79 Å². The fourth-order valence-electron chi connectivity index (χ4n) is 1.13. The van der Waals surface area contributed by atoms with Gasteiger partial charge in [-0.1, -0.05) is 12.1 Å². The van der Waals surface area contributed by atoms with Crippen molar-refractivity contribution in [2.75, 3.05) is 13.7 Å². The summed E-state index contributed by atoms with van der Waals surface area (Å²) in [6.45, 7) is 0.457. The van der Waals surface area contributed by atoms with Crippen molar-refractivity contribution in [2.24, 2.45) is 0 Å². The van der Waals surface area contributed by atoms with E-state index < -0.39 is 0 Å². The molecule has 4 heteroatoms. The third kappa shape index (κ3) is 4.21. The highest BCUT2D eigenvalue weighted by atomic mass is 35.5. The quantitative estimate of drug-likeness (QED) is 0.555. The van der Waals surface area contributed by atoms with Crippen LogP contribution in [0.4, 0.5) is 0 Å². The molecule has 1 rings (SSSR count). The Labute approximate surface area is 93.9 Å². The van der Waals surface area contributed by atoms with Crippen LogP contribution in [0.25, 0.3) is 0 Å². The molecule has 1 aromatic rings. The first-order valence-electron chi connectivity index (χ1n) is 4.68. The first-order chi connectivity index (χ1) is 7.24. The van der Waals surface area contributed by atoms with Crippen LogP contribution in [-0.4, -0.2) is 19.0 Å². The second-order valence-corrected chi connectivity index (χ2v) is 3.38. The van der Waals surface area contributed by atoms with E-state index in [-0.39, 0.29) is 5.24 Å². The molecular formula is C11H13ClO3. The molecule has 0 N–H and O–H groups in total. The van der Waals surface area contributed by atoms with Gasteiger partial charge in [-0.05, 0) is 30.2 Å². The van der Waals surface area contributed by atoms with Gasteiger partial charge in [0.15, 0.2) is 11.5 Å². The standard InChI is InChI=1S/C11H13ClO3/c1-14-9-5-2-3-6-10(9)15-8-4-7-11(12)13/h2-3,5-6H,4,7-8H2,1H3. The molecule has 0 atom stereocenters. The Bertz CT molecular complexity index is 325. The van der Waals surface area contributed by atoms with E-state index in [1.807, 2.05) is 24.3 Å². The molecule has 0 aliphatic rings. The molecule has 15 heavy (non-hydrogen) atoms. The normalized spacial score (nSPS) is 9.73. The predicted molar refractivity (Wildman–Crippen MR) is 58.6 cm³/mol. The van der Waals surface area contributed by atoms with Gasteiger partial charge in [-0.2, -0.15) is 0 Å². The third-order valence-electron chi connectivity index (χ3n) is 1.84. The van der Waals surface area contributed by atoms with E-state index in [4.69, 9.17) is 21.1 Å². The summed E-state index contributed by atoms with van der Waals surface area (Å²) in [5.74, 6) is 1.37. The zero-order chi connectivity index (χ0) is 11.1. The van der Waals surface area contributed by atoms with E-state index in [1.54, 1.807) is 7.11 Å². The van der Waals surface area contributed by atoms with Crippen LogP contribution in [0, 0.1) is 0 Å². The topological polar surface area (TPSA) is 35.5 Å². The molecule has 0 amide bonds. The van der Waals surface area contributed by atoms with Crippen LogP contribution in [0.3, 0.4) is 0 Å². The highest BCUT2D eigenvalue weighted by molar-refractivity contribution is 6.63. The van der Waals surface area contributed by atoms with Crippen LogP contribution in [0.1, 0.15) is 12.8 Å². The van der Waals surface area contributed by atoms with Gasteiger partial charge in [0.05, 0.1) is 13.7 Å². The van der Waals surface area contributed by atoms with E-state index >= 15 is 0 Å². The van der Waals surface area contributed by atoms with Gasteiger partial charge in [-0.15, -0.1) is 0 Å². The third-order valence-corrected chi connectivity index (χ3v) is 2.03. The van der Waals surface area contributed by atoms with E-state index in [1.165, 1.54) is 0 Å². The molecule has 0 aromatic heterocycles. The first kappa shape index (κ1) is 11.9. The molecule has 1 aromatic carbocycles. The maximum atomic E-state index is 10.5. The summed E-state index contributed by atoms with van der Waals surface area (Å²) >= 11 is 5.20. The number of hydrogen-bond donors (Lipinski definition) is 0. The molecule has 0 unspecified atom stereocenters. The number of carbonyl (C=O) groups excluding carboxylic acids is 1. The summed E-state index contributed by atoms with van der Waals surface area (Å²) in [5.41, 5.74) is 0. The Kier molecular flexibility index (Phi) is 4.98. The Morgan fingerprint density at radius 3 is 2.60 bits per heavy atom. The van der Waals surface area contributed by atoms with Crippen molar-refractivity contribution in [1.29, 1.82) is 0 Å². The van der Waals surface area contributed by atoms with Crippen LogP contribution in [0.5, 0.6) is 11.5 Å². The van der Waals surface area contributed by atoms with Gasteiger partial charge in [0.2, 0.25) is 5.24 Å². The fourth-order valence-corrected chi connectivity index (χ4v) is 1.26. The molecule has 0 bridgehead atoms. The summed E-state index contributed by atoms with van der Waals surface area (Å²) < 4.78 is 10.5. The number of carbonyl (C=O) groups is 1. The maximum Gasteiger partial charge on any atom is 0.221 e. The van der Waals surface area contributed by atoms with Gasteiger partial charge in [0.1, 0.15) is 0 Å². The minimum Gasteiger partial charge on any atom is -0.493 e. The molecule has 0 aliphatic carbocycles. The van der Waals surface area contributed by atoms with Gasteiger partial charge in [-0.25, -0.2) is 0 Å². The van der Waals surface area contributed by atoms with Gasteiger partial charge in [-0.3, -0.25) is 4.79 Å². The highest BCUT2D eigenvalue weighted by Crippen LogP contribution is 2.25. The van der Waals surface area contributed by atoms with Gasteiger partial charge in [0, 0.05) is 6.42 Å². The summed E-state index contributed by atoms with van der Waals surface area (Å²) in [7, 11) is 1.59. The predicted octanol–water partition coefficient (Wildman–Crippen LogP) is 2.62. The fraction of sp³-hybridized carbons (Fsp3) is 0.364. The summed E-state index contributed by atoms with van der Waals surface area (Å²) in [6.07, 6.45) is 0.942. The molecule has 0 saturated heterocycles. The van der Waals surface area contributed by atoms with Crippen molar-refractivity contribution in [3.05, 3.63) is 24.3 Å². The SMILES string of the molecule is COc1ccccc1OCCCC(=O)Cl. The van der Waals surface area contributed by atoms with Crippen LogP contribution < -0.4 is 9.47 Å². The molecule has 0 heterocycles. The number of ether oxygens (including phenoxy) is 2. The van der Waals surface area contributed by atoms with Crippen molar-refractivity contribution in [1.82, 2.24) is 0 Å².